The van der Waals surface area contributed by atoms with E-state index in [2.05, 4.69) is 20.3 Å². The second kappa shape index (κ2) is 4.35. The fourth-order valence-corrected chi connectivity index (χ4v) is 2.03. The third-order valence-corrected chi connectivity index (χ3v) is 3.05. The summed E-state index contributed by atoms with van der Waals surface area (Å²) < 4.78 is 6.54. The second-order valence-electron chi connectivity index (χ2n) is 4.19. The standard InChI is InChI=1S/C9H12N6O4/c10-7-4-8(12-2-11-7)15(14-13-4)9-6(18)5(17)3(1-16)19-9/h2-3,5-6,9,16-18H,1H2,(H2,10,11,12)/t3-,5+,6-,9-/m1/s1. The molecule has 0 bridgehead atoms. The molecule has 0 unspecified atom stereocenters. The minimum absolute atomic E-state index is 0.156. The van der Waals surface area contributed by atoms with Crippen LogP contribution >= 0.6 is 0 Å². The number of aromatic nitrogens is 5. The molecule has 4 atom stereocenters. The zero-order chi connectivity index (χ0) is 13.6. The lowest BCUT2D eigenvalue weighted by atomic mass is 10.1. The van der Waals surface area contributed by atoms with Crippen molar-refractivity contribution in [2.75, 3.05) is 12.3 Å². The third kappa shape index (κ3) is 1.73. The van der Waals surface area contributed by atoms with Crippen LogP contribution in [-0.4, -0.2) is 65.2 Å². The van der Waals surface area contributed by atoms with Crippen molar-refractivity contribution in [3.63, 3.8) is 0 Å². The molecule has 0 aliphatic carbocycles. The van der Waals surface area contributed by atoms with Gasteiger partial charge in [-0.15, -0.1) is 5.10 Å². The number of hydrogen-bond donors (Lipinski definition) is 4. The quantitative estimate of drug-likeness (QED) is 0.459. The van der Waals surface area contributed by atoms with Crippen molar-refractivity contribution in [1.82, 2.24) is 25.0 Å². The molecule has 1 aliphatic heterocycles. The van der Waals surface area contributed by atoms with Crippen LogP contribution in [0.25, 0.3) is 11.2 Å². The number of hydrogen-bond acceptors (Lipinski definition) is 9. The van der Waals surface area contributed by atoms with Gasteiger partial charge in [-0.2, -0.15) is 4.68 Å². The van der Waals surface area contributed by atoms with Gasteiger partial charge in [0.25, 0.3) is 0 Å². The first-order valence-electron chi connectivity index (χ1n) is 5.57. The Morgan fingerprint density at radius 3 is 2.79 bits per heavy atom. The van der Waals surface area contributed by atoms with Gasteiger partial charge >= 0.3 is 0 Å². The number of aliphatic hydroxyl groups is 3. The lowest BCUT2D eigenvalue weighted by molar-refractivity contribution is -0.0574. The molecule has 2 aromatic heterocycles. The van der Waals surface area contributed by atoms with Crippen molar-refractivity contribution in [2.24, 2.45) is 0 Å². The molecule has 0 aromatic carbocycles. The molecule has 3 heterocycles. The monoisotopic (exact) mass is 268 g/mol. The molecule has 0 saturated carbocycles. The van der Waals surface area contributed by atoms with Crippen LogP contribution in [0.1, 0.15) is 6.23 Å². The number of rotatable bonds is 2. The molecule has 1 saturated heterocycles. The highest BCUT2D eigenvalue weighted by Gasteiger charge is 2.44. The molecule has 10 heteroatoms. The Bertz CT molecular complexity index is 603. The van der Waals surface area contributed by atoms with Gasteiger partial charge in [0, 0.05) is 0 Å². The zero-order valence-corrected chi connectivity index (χ0v) is 9.66. The maximum absolute atomic E-state index is 9.91. The number of nitrogens with zero attached hydrogens (tertiary/aromatic N) is 5. The third-order valence-electron chi connectivity index (χ3n) is 3.05. The lowest BCUT2D eigenvalue weighted by Gasteiger charge is -2.14. The summed E-state index contributed by atoms with van der Waals surface area (Å²) in [5, 5.41) is 36.2. The van der Waals surface area contributed by atoms with E-state index in [4.69, 9.17) is 15.6 Å². The van der Waals surface area contributed by atoms with Crippen molar-refractivity contribution in [1.29, 1.82) is 0 Å². The molecule has 0 radical (unpaired) electrons. The Balaban J connectivity index is 2.04. The highest BCUT2D eigenvalue weighted by Crippen LogP contribution is 2.30. The maximum Gasteiger partial charge on any atom is 0.186 e. The molecule has 3 rings (SSSR count). The van der Waals surface area contributed by atoms with Crippen LogP contribution in [0.4, 0.5) is 5.82 Å². The molecule has 0 amide bonds. The summed E-state index contributed by atoms with van der Waals surface area (Å²) in [6, 6.07) is 0. The number of ether oxygens (including phenoxy) is 1. The van der Waals surface area contributed by atoms with Crippen LogP contribution in [-0.2, 0) is 4.74 Å². The summed E-state index contributed by atoms with van der Waals surface area (Å²) >= 11 is 0. The summed E-state index contributed by atoms with van der Waals surface area (Å²) in [4.78, 5) is 7.74. The van der Waals surface area contributed by atoms with Crippen LogP contribution in [0.15, 0.2) is 6.33 Å². The van der Waals surface area contributed by atoms with E-state index in [1.807, 2.05) is 0 Å². The van der Waals surface area contributed by atoms with Gasteiger partial charge in [0.2, 0.25) is 0 Å². The Labute approximate surface area is 106 Å². The van der Waals surface area contributed by atoms with Gasteiger partial charge in [-0.3, -0.25) is 0 Å². The van der Waals surface area contributed by atoms with Crippen molar-refractivity contribution in [3.8, 4) is 0 Å². The van der Waals surface area contributed by atoms with Crippen LogP contribution < -0.4 is 5.73 Å². The first-order chi connectivity index (χ1) is 9.13. The van der Waals surface area contributed by atoms with Gasteiger partial charge in [0.05, 0.1) is 6.61 Å². The molecule has 102 valence electrons. The minimum Gasteiger partial charge on any atom is -0.394 e. The van der Waals surface area contributed by atoms with E-state index in [1.54, 1.807) is 0 Å². The fourth-order valence-electron chi connectivity index (χ4n) is 2.03. The van der Waals surface area contributed by atoms with Crippen molar-refractivity contribution in [3.05, 3.63) is 6.33 Å². The van der Waals surface area contributed by atoms with Gasteiger partial charge in [0.15, 0.2) is 23.2 Å². The van der Waals surface area contributed by atoms with Gasteiger partial charge < -0.3 is 25.8 Å². The SMILES string of the molecule is Nc1ncnc2c1nnn2[C@@H]1O[C@H](CO)[C@H](O)[C@H]1O. The van der Waals surface area contributed by atoms with E-state index < -0.39 is 31.1 Å². The summed E-state index contributed by atoms with van der Waals surface area (Å²) in [6.45, 7) is -0.418. The molecule has 1 fully saturated rings. The van der Waals surface area contributed by atoms with Crippen LogP contribution in [0.3, 0.4) is 0 Å². The highest BCUT2D eigenvalue weighted by molar-refractivity contribution is 5.80. The number of nitrogens with two attached hydrogens (primary N) is 1. The molecule has 0 spiro atoms. The Morgan fingerprint density at radius 1 is 1.32 bits per heavy atom. The predicted molar refractivity (Wildman–Crippen MR) is 60.5 cm³/mol. The summed E-state index contributed by atoms with van der Waals surface area (Å²) in [5.41, 5.74) is 6.18. The molecule has 19 heavy (non-hydrogen) atoms. The van der Waals surface area contributed by atoms with Crippen LogP contribution in [0, 0.1) is 0 Å². The van der Waals surface area contributed by atoms with E-state index >= 15 is 0 Å². The van der Waals surface area contributed by atoms with Gasteiger partial charge in [-0.25, -0.2) is 9.97 Å². The molecular formula is C9H12N6O4. The number of aliphatic hydroxyl groups excluding tert-OH is 3. The first-order valence-corrected chi connectivity index (χ1v) is 5.57. The number of anilines is 1. The summed E-state index contributed by atoms with van der Waals surface area (Å²) in [5.74, 6) is 0.156. The normalized spacial score (nSPS) is 31.1. The summed E-state index contributed by atoms with van der Waals surface area (Å²) in [6.07, 6.45) is -3.12. The van der Waals surface area contributed by atoms with E-state index in [-0.39, 0.29) is 17.0 Å². The van der Waals surface area contributed by atoms with Crippen LogP contribution in [0.5, 0.6) is 0 Å². The van der Waals surface area contributed by atoms with Gasteiger partial charge in [0.1, 0.15) is 24.6 Å². The number of fused-ring (bicyclic) bond motifs is 1. The molecule has 5 N–H and O–H groups in total. The smallest absolute Gasteiger partial charge is 0.186 e. The largest absolute Gasteiger partial charge is 0.394 e. The van der Waals surface area contributed by atoms with Crippen molar-refractivity contribution >= 4 is 17.0 Å². The minimum atomic E-state index is -1.25. The zero-order valence-electron chi connectivity index (χ0n) is 9.66. The second-order valence-corrected chi connectivity index (χ2v) is 4.19. The van der Waals surface area contributed by atoms with E-state index in [0.29, 0.717) is 0 Å². The molecule has 1 aliphatic rings. The topological polar surface area (TPSA) is 152 Å². The average Bonchev–Trinajstić information content (AvgIpc) is 2.94. The Hall–Kier alpha value is -1.88. The van der Waals surface area contributed by atoms with Crippen LogP contribution in [0.2, 0.25) is 0 Å². The molecule has 2 aromatic rings. The Morgan fingerprint density at radius 2 is 2.11 bits per heavy atom. The lowest BCUT2D eigenvalue weighted by Crippen LogP contribution is -2.33. The molecular weight excluding hydrogens is 256 g/mol. The number of nitrogen functional groups attached to an aromatic ring is 1. The van der Waals surface area contributed by atoms with Gasteiger partial charge in [-0.05, 0) is 0 Å². The highest BCUT2D eigenvalue weighted by atomic mass is 16.6. The predicted octanol–water partition coefficient (Wildman–Crippen LogP) is -2.58. The van der Waals surface area contributed by atoms with Crippen molar-refractivity contribution in [2.45, 2.75) is 24.5 Å². The van der Waals surface area contributed by atoms with Gasteiger partial charge in [-0.1, -0.05) is 5.21 Å². The van der Waals surface area contributed by atoms with E-state index in [0.717, 1.165) is 0 Å². The molecule has 10 nitrogen and oxygen atoms in total. The van der Waals surface area contributed by atoms with Crippen molar-refractivity contribution < 1.29 is 20.1 Å². The Kier molecular flexibility index (Phi) is 2.78. The summed E-state index contributed by atoms with van der Waals surface area (Å²) in [7, 11) is 0. The maximum atomic E-state index is 9.91. The van der Waals surface area contributed by atoms with E-state index in [1.165, 1.54) is 11.0 Å². The fraction of sp³-hybridized carbons (Fsp3) is 0.556. The van der Waals surface area contributed by atoms with E-state index in [9.17, 15) is 10.2 Å². The average molecular weight is 268 g/mol. The first kappa shape index (κ1) is 12.2.